The third-order valence-corrected chi connectivity index (χ3v) is 8.50. The number of hydrogen-bond donors (Lipinski definition) is 1. The van der Waals surface area contributed by atoms with Crippen LogP contribution in [-0.4, -0.2) is 66.5 Å². The van der Waals surface area contributed by atoms with Gasteiger partial charge in [-0.1, -0.05) is 6.07 Å². The van der Waals surface area contributed by atoms with Crippen molar-refractivity contribution in [2.24, 2.45) is 0 Å². The van der Waals surface area contributed by atoms with Crippen LogP contribution in [0.15, 0.2) is 11.8 Å². The molecule has 0 aliphatic carbocycles. The van der Waals surface area contributed by atoms with Gasteiger partial charge in [0.1, 0.15) is 18.4 Å². The smallest absolute Gasteiger partial charge is 0.308 e. The van der Waals surface area contributed by atoms with Gasteiger partial charge in [0.2, 0.25) is 6.79 Å². The number of fused-ring (bicyclic) bond motifs is 9. The van der Waals surface area contributed by atoms with E-state index in [0.717, 1.165) is 11.1 Å². The van der Waals surface area contributed by atoms with E-state index in [1.165, 1.54) is 21.0 Å². The average molecular weight is 562 g/mol. The lowest BCUT2D eigenvalue weighted by Crippen LogP contribution is -2.62. The van der Waals surface area contributed by atoms with E-state index in [1.807, 2.05) is 31.0 Å². The number of likely N-dealkylation sites (N-methyl/N-ethyl adjacent to an activating group) is 1. The Labute approximate surface area is 237 Å². The second-order valence-electron chi connectivity index (χ2n) is 10.8. The molecule has 214 valence electrons. The zero-order valence-electron chi connectivity index (χ0n) is 23.7. The fourth-order valence-corrected chi connectivity index (χ4v) is 6.92. The van der Waals surface area contributed by atoms with Gasteiger partial charge in [-0.15, -0.1) is 0 Å². The minimum Gasteiger partial charge on any atom is -0.504 e. The molecule has 41 heavy (non-hydrogen) atoms. The quantitative estimate of drug-likeness (QED) is 0.435. The second kappa shape index (κ2) is 9.59. The van der Waals surface area contributed by atoms with Crippen molar-refractivity contribution >= 4 is 18.0 Å². The summed E-state index contributed by atoms with van der Waals surface area (Å²) in [7, 11) is 3.45. The Morgan fingerprint density at radius 2 is 1.88 bits per heavy atom. The molecule has 0 aromatic heterocycles. The maximum Gasteiger partial charge on any atom is 0.308 e. The molecule has 2 aromatic rings. The summed E-state index contributed by atoms with van der Waals surface area (Å²) in [5.74, 6) is 0.642. The first kappa shape index (κ1) is 26.8. The third kappa shape index (κ3) is 3.81. The number of benzene rings is 2. The van der Waals surface area contributed by atoms with E-state index in [0.29, 0.717) is 57.4 Å². The molecule has 0 unspecified atom stereocenters. The maximum atomic E-state index is 12.3. The molecule has 11 nitrogen and oxygen atoms in total. The number of piperazine rings is 1. The molecular weight excluding hydrogens is 530 g/mol. The van der Waals surface area contributed by atoms with Crippen molar-refractivity contribution in [2.45, 2.75) is 58.3 Å². The molecular formula is C30H31N3O8. The number of aromatic hydroxyl groups is 1. The summed E-state index contributed by atoms with van der Waals surface area (Å²) in [6.07, 6.45) is 2.40. The van der Waals surface area contributed by atoms with Crippen LogP contribution >= 0.6 is 0 Å². The van der Waals surface area contributed by atoms with E-state index < -0.39 is 30.1 Å². The Hall–Kier alpha value is -4.43. The van der Waals surface area contributed by atoms with Gasteiger partial charge < -0.3 is 33.7 Å². The molecule has 0 amide bonds. The van der Waals surface area contributed by atoms with Gasteiger partial charge in [-0.3, -0.25) is 14.5 Å². The summed E-state index contributed by atoms with van der Waals surface area (Å²) < 4.78 is 28.6. The molecule has 1 saturated heterocycles. The predicted octanol–water partition coefficient (Wildman–Crippen LogP) is 3.44. The number of nitriles is 1. The van der Waals surface area contributed by atoms with Gasteiger partial charge in [0, 0.05) is 47.8 Å². The molecule has 4 atom stereocenters. The fourth-order valence-electron chi connectivity index (χ4n) is 6.92. The molecule has 4 aliphatic heterocycles. The number of esters is 2. The minimum atomic E-state index is -0.668. The number of rotatable bonds is 4. The molecule has 0 spiro atoms. The highest BCUT2D eigenvalue weighted by atomic mass is 16.7. The van der Waals surface area contributed by atoms with Gasteiger partial charge in [-0.25, -0.2) is 0 Å². The molecule has 4 aliphatic rings. The van der Waals surface area contributed by atoms with Gasteiger partial charge in [-0.2, -0.15) is 5.26 Å². The van der Waals surface area contributed by atoms with Crippen molar-refractivity contribution in [3.8, 4) is 34.8 Å². The van der Waals surface area contributed by atoms with Crippen LogP contribution in [-0.2, 0) is 20.7 Å². The van der Waals surface area contributed by atoms with Gasteiger partial charge in [0.15, 0.2) is 23.0 Å². The Bertz CT molecular complexity index is 1580. The predicted molar refractivity (Wildman–Crippen MR) is 145 cm³/mol. The monoisotopic (exact) mass is 561 g/mol. The van der Waals surface area contributed by atoms with E-state index in [9.17, 15) is 20.0 Å². The molecule has 6 rings (SSSR count). The SMILES string of the molecule is COc1c(C)cc2c(c1O)[C@@H]1C3=Cc4c(OC(C)=O)c(C)c5c(c4[C@H](COC(C)=O)N3[C@@H](C#N)[C@H](C2)N1C)OCO5. The largest absolute Gasteiger partial charge is 0.504 e. The minimum absolute atomic E-state index is 0.0287. The first-order valence-corrected chi connectivity index (χ1v) is 13.4. The Morgan fingerprint density at radius 3 is 2.54 bits per heavy atom. The molecule has 0 radical (unpaired) electrons. The maximum absolute atomic E-state index is 12.3. The fraction of sp³-hybridized carbons (Fsp3) is 0.433. The summed E-state index contributed by atoms with van der Waals surface area (Å²) in [6, 6.07) is 2.47. The highest BCUT2D eigenvalue weighted by molar-refractivity contribution is 5.81. The lowest BCUT2D eigenvalue weighted by atomic mass is 9.75. The Morgan fingerprint density at radius 1 is 1.15 bits per heavy atom. The van der Waals surface area contributed by atoms with Crippen LogP contribution in [0, 0.1) is 25.2 Å². The van der Waals surface area contributed by atoms with Crippen LogP contribution < -0.4 is 18.9 Å². The molecule has 2 aromatic carbocycles. The molecule has 2 bridgehead atoms. The van der Waals surface area contributed by atoms with Crippen molar-refractivity contribution in [3.05, 3.63) is 45.1 Å². The summed E-state index contributed by atoms with van der Waals surface area (Å²) in [5.41, 5.74) is 4.87. The molecule has 4 heterocycles. The standard InChI is InChI=1S/C30H31N3O8/c1-13-7-17-8-19-21(10-31)33-20(25(32(19)5)23(17)26(36)27(13)37-6)9-18-24(22(33)11-38-15(3)34)30-29(39-12-40-30)14(2)28(18)41-16(4)35/h7,9,19,21-22,25,36H,8,11-12H2,1-6H3/t19-,21-,22-,25-/m0/s1. The van der Waals surface area contributed by atoms with Gasteiger partial charge in [0.05, 0.1) is 25.3 Å². The zero-order chi connectivity index (χ0) is 29.3. The van der Waals surface area contributed by atoms with E-state index in [1.54, 1.807) is 6.92 Å². The van der Waals surface area contributed by atoms with E-state index in [2.05, 4.69) is 11.0 Å². The van der Waals surface area contributed by atoms with Crippen LogP contribution in [0.5, 0.6) is 28.7 Å². The van der Waals surface area contributed by atoms with Crippen LogP contribution in [0.3, 0.4) is 0 Å². The van der Waals surface area contributed by atoms with E-state index in [4.69, 9.17) is 23.7 Å². The first-order valence-electron chi connectivity index (χ1n) is 13.4. The van der Waals surface area contributed by atoms with Crippen molar-refractivity contribution in [1.29, 1.82) is 5.26 Å². The number of ether oxygens (including phenoxy) is 5. The number of phenols is 1. The zero-order valence-corrected chi connectivity index (χ0v) is 23.7. The summed E-state index contributed by atoms with van der Waals surface area (Å²) in [5, 5.41) is 22.1. The lowest BCUT2D eigenvalue weighted by Gasteiger charge is -2.57. The highest BCUT2D eigenvalue weighted by Gasteiger charge is 2.53. The second-order valence-corrected chi connectivity index (χ2v) is 10.8. The van der Waals surface area contributed by atoms with Crippen molar-refractivity contribution in [2.75, 3.05) is 27.6 Å². The van der Waals surface area contributed by atoms with Crippen molar-refractivity contribution in [1.82, 2.24) is 9.80 Å². The van der Waals surface area contributed by atoms with Crippen molar-refractivity contribution < 1.29 is 38.4 Å². The Balaban J connectivity index is 1.68. The summed E-state index contributed by atoms with van der Waals surface area (Å²) in [4.78, 5) is 28.4. The molecule has 1 fully saturated rings. The normalized spacial score (nSPS) is 23.4. The number of nitrogens with zero attached hydrogens (tertiary/aromatic N) is 3. The molecule has 1 N–H and O–H groups in total. The van der Waals surface area contributed by atoms with E-state index >= 15 is 0 Å². The number of carbonyl (C=O) groups excluding carboxylic acids is 2. The Kier molecular flexibility index (Phi) is 6.26. The number of aryl methyl sites for hydroxylation is 1. The van der Waals surface area contributed by atoms with Gasteiger partial charge in [0.25, 0.3) is 0 Å². The van der Waals surface area contributed by atoms with E-state index in [-0.39, 0.29) is 25.2 Å². The highest BCUT2D eigenvalue weighted by Crippen LogP contribution is 2.59. The van der Waals surface area contributed by atoms with Crippen LogP contribution in [0.4, 0.5) is 0 Å². The number of methoxy groups -OCH3 is 1. The molecule has 11 heteroatoms. The van der Waals surface area contributed by atoms with Crippen molar-refractivity contribution in [3.63, 3.8) is 0 Å². The third-order valence-electron chi connectivity index (χ3n) is 8.50. The van der Waals surface area contributed by atoms with Gasteiger partial charge >= 0.3 is 11.9 Å². The lowest BCUT2D eigenvalue weighted by molar-refractivity contribution is -0.143. The number of hydrogen-bond acceptors (Lipinski definition) is 11. The summed E-state index contributed by atoms with van der Waals surface area (Å²) >= 11 is 0. The van der Waals surface area contributed by atoms with Crippen LogP contribution in [0.1, 0.15) is 59.3 Å². The number of carbonyl (C=O) groups is 2. The van der Waals surface area contributed by atoms with Gasteiger partial charge in [-0.05, 0) is 44.5 Å². The van der Waals surface area contributed by atoms with Crippen LogP contribution in [0.25, 0.3) is 6.08 Å². The number of phenolic OH excluding ortho intramolecular Hbond substituents is 1. The summed E-state index contributed by atoms with van der Waals surface area (Å²) in [6.45, 7) is 6.20. The topological polar surface area (TPSA) is 131 Å². The average Bonchev–Trinajstić information content (AvgIpc) is 3.40. The molecule has 0 saturated carbocycles. The van der Waals surface area contributed by atoms with Crippen LogP contribution in [0.2, 0.25) is 0 Å². The first-order chi connectivity index (χ1) is 19.6.